The van der Waals surface area contributed by atoms with Crippen molar-refractivity contribution in [1.82, 2.24) is 4.31 Å². The maximum Gasteiger partial charge on any atom is 0.214 e. The maximum absolute atomic E-state index is 12.1. The molecular weight excluding hydrogens is 284 g/mol. The molecule has 2 rings (SSSR count). The lowest BCUT2D eigenvalue weighted by molar-refractivity contribution is 0.272. The summed E-state index contributed by atoms with van der Waals surface area (Å²) in [6.07, 6.45) is 3.62. The lowest BCUT2D eigenvalue weighted by Gasteiger charge is -2.31. The van der Waals surface area contributed by atoms with Gasteiger partial charge in [-0.2, -0.15) is 5.26 Å². The van der Waals surface area contributed by atoms with Gasteiger partial charge in [0, 0.05) is 19.5 Å². The van der Waals surface area contributed by atoms with E-state index in [0.29, 0.717) is 31.8 Å². The molecule has 0 unspecified atom stereocenters. The van der Waals surface area contributed by atoms with Crippen LogP contribution in [0.3, 0.4) is 0 Å². The van der Waals surface area contributed by atoms with E-state index in [0.717, 1.165) is 19.3 Å². The van der Waals surface area contributed by atoms with Crippen molar-refractivity contribution in [2.45, 2.75) is 32.1 Å². The number of hydrogen-bond acceptors (Lipinski definition) is 3. The van der Waals surface area contributed by atoms with Crippen LogP contribution in [0.1, 0.15) is 31.2 Å². The Hall–Kier alpha value is -1.38. The van der Waals surface area contributed by atoms with Crippen molar-refractivity contribution in [1.29, 1.82) is 5.26 Å². The molecule has 0 atom stereocenters. The third kappa shape index (κ3) is 4.83. The number of unbranched alkanes of at least 4 members (excludes halogenated alkanes) is 1. The lowest BCUT2D eigenvalue weighted by atomic mass is 9.91. The highest BCUT2D eigenvalue weighted by Crippen LogP contribution is 2.23. The van der Waals surface area contributed by atoms with Gasteiger partial charge in [-0.25, -0.2) is 12.7 Å². The molecular formula is C16H22N2O2S. The third-order valence-corrected chi connectivity index (χ3v) is 5.98. The molecule has 1 saturated heterocycles. The normalized spacial score (nSPS) is 17.5. The Bertz CT molecular complexity index is 570. The van der Waals surface area contributed by atoms with Crippen LogP contribution in [0.25, 0.3) is 0 Å². The van der Waals surface area contributed by atoms with Crippen molar-refractivity contribution in [3.05, 3.63) is 35.9 Å². The van der Waals surface area contributed by atoms with Gasteiger partial charge in [0.25, 0.3) is 0 Å². The van der Waals surface area contributed by atoms with Crippen molar-refractivity contribution in [2.24, 2.45) is 5.92 Å². The van der Waals surface area contributed by atoms with Crippen molar-refractivity contribution in [3.8, 4) is 6.07 Å². The second-order valence-corrected chi connectivity index (χ2v) is 7.70. The Morgan fingerprint density at radius 2 is 1.86 bits per heavy atom. The van der Waals surface area contributed by atoms with Crippen LogP contribution < -0.4 is 0 Å². The molecule has 0 spiro atoms. The van der Waals surface area contributed by atoms with E-state index in [1.807, 2.05) is 24.3 Å². The fourth-order valence-electron chi connectivity index (χ4n) is 2.80. The van der Waals surface area contributed by atoms with E-state index in [2.05, 4.69) is 12.1 Å². The zero-order chi connectivity index (χ0) is 15.1. The monoisotopic (exact) mass is 306 g/mol. The summed E-state index contributed by atoms with van der Waals surface area (Å²) in [4.78, 5) is 0. The molecule has 5 heteroatoms. The molecule has 0 bridgehead atoms. The summed E-state index contributed by atoms with van der Waals surface area (Å²) in [7, 11) is -3.17. The van der Waals surface area contributed by atoms with Crippen molar-refractivity contribution >= 4 is 10.0 Å². The minimum Gasteiger partial charge on any atom is -0.212 e. The van der Waals surface area contributed by atoms with E-state index in [4.69, 9.17) is 5.26 Å². The number of nitrogens with zero attached hydrogens (tertiary/aromatic N) is 2. The highest BCUT2D eigenvalue weighted by atomic mass is 32.2. The van der Waals surface area contributed by atoms with Crippen LogP contribution in [0.4, 0.5) is 0 Å². The van der Waals surface area contributed by atoms with E-state index >= 15 is 0 Å². The van der Waals surface area contributed by atoms with Crippen molar-refractivity contribution in [2.75, 3.05) is 18.8 Å². The molecule has 1 heterocycles. The molecule has 1 aliphatic heterocycles. The predicted octanol–water partition coefficient (Wildman–Crippen LogP) is 2.57. The van der Waals surface area contributed by atoms with Crippen LogP contribution in [0.5, 0.6) is 0 Å². The van der Waals surface area contributed by atoms with Crippen LogP contribution in [0, 0.1) is 17.2 Å². The first kappa shape index (κ1) is 16.0. The van der Waals surface area contributed by atoms with E-state index < -0.39 is 10.0 Å². The smallest absolute Gasteiger partial charge is 0.212 e. The largest absolute Gasteiger partial charge is 0.214 e. The first-order valence-corrected chi connectivity index (χ1v) is 9.11. The number of hydrogen-bond donors (Lipinski definition) is 0. The fourth-order valence-corrected chi connectivity index (χ4v) is 4.34. The fraction of sp³-hybridized carbons (Fsp3) is 0.562. The van der Waals surface area contributed by atoms with Crippen LogP contribution in [0.15, 0.2) is 30.3 Å². The minimum atomic E-state index is -3.17. The number of piperidine rings is 1. The molecule has 0 amide bonds. The summed E-state index contributed by atoms with van der Waals surface area (Å²) >= 11 is 0. The predicted molar refractivity (Wildman–Crippen MR) is 83.1 cm³/mol. The molecule has 1 fully saturated rings. The van der Waals surface area contributed by atoms with Gasteiger partial charge in [0.05, 0.1) is 11.8 Å². The topological polar surface area (TPSA) is 61.2 Å². The summed E-state index contributed by atoms with van der Waals surface area (Å²) in [6.45, 7) is 1.23. The van der Waals surface area contributed by atoms with Gasteiger partial charge in [-0.15, -0.1) is 0 Å². The summed E-state index contributed by atoms with van der Waals surface area (Å²) < 4.78 is 25.9. The lowest BCUT2D eigenvalue weighted by Crippen LogP contribution is -2.40. The van der Waals surface area contributed by atoms with E-state index in [-0.39, 0.29) is 5.75 Å². The van der Waals surface area contributed by atoms with Crippen LogP contribution in [0.2, 0.25) is 0 Å². The van der Waals surface area contributed by atoms with E-state index in [1.54, 1.807) is 4.31 Å². The number of sulfonamides is 1. The molecule has 0 radical (unpaired) electrons. The number of nitriles is 1. The quantitative estimate of drug-likeness (QED) is 0.759. The molecule has 4 nitrogen and oxygen atoms in total. The zero-order valence-electron chi connectivity index (χ0n) is 12.2. The second-order valence-electron chi connectivity index (χ2n) is 5.61. The van der Waals surface area contributed by atoms with Gasteiger partial charge in [0.15, 0.2) is 0 Å². The average Bonchev–Trinajstić information content (AvgIpc) is 2.49. The first-order valence-electron chi connectivity index (χ1n) is 7.50. The average molecular weight is 306 g/mol. The SMILES string of the molecule is N#CCCCS(=O)(=O)N1CCC(Cc2ccccc2)CC1. The summed E-state index contributed by atoms with van der Waals surface area (Å²) in [5, 5.41) is 8.49. The first-order chi connectivity index (χ1) is 10.1. The molecule has 1 aromatic carbocycles. The van der Waals surface area contributed by atoms with Gasteiger partial charge in [0.2, 0.25) is 10.0 Å². The maximum atomic E-state index is 12.1. The second kappa shape index (κ2) is 7.58. The standard InChI is InChI=1S/C16H22N2O2S/c17-10-4-5-13-21(19,20)18-11-8-16(9-12-18)14-15-6-2-1-3-7-15/h1-3,6-7,16H,4-5,8-9,11-14H2. The Morgan fingerprint density at radius 1 is 1.19 bits per heavy atom. The van der Waals surface area contributed by atoms with Crippen LogP contribution in [-0.4, -0.2) is 31.6 Å². The molecule has 1 aliphatic rings. The molecule has 1 aromatic rings. The van der Waals surface area contributed by atoms with Gasteiger partial charge in [-0.3, -0.25) is 0 Å². The molecule has 0 aromatic heterocycles. The van der Waals surface area contributed by atoms with Crippen LogP contribution >= 0.6 is 0 Å². The Labute approximate surface area is 127 Å². The van der Waals surface area contributed by atoms with Gasteiger partial charge in [-0.1, -0.05) is 30.3 Å². The number of benzene rings is 1. The highest BCUT2D eigenvalue weighted by Gasteiger charge is 2.27. The molecule has 21 heavy (non-hydrogen) atoms. The van der Waals surface area contributed by atoms with E-state index in [1.165, 1.54) is 5.56 Å². The minimum absolute atomic E-state index is 0.101. The molecule has 0 saturated carbocycles. The zero-order valence-corrected chi connectivity index (χ0v) is 13.1. The van der Waals surface area contributed by atoms with Crippen molar-refractivity contribution < 1.29 is 8.42 Å². The van der Waals surface area contributed by atoms with Crippen molar-refractivity contribution in [3.63, 3.8) is 0 Å². The Kier molecular flexibility index (Phi) is 5.77. The van der Waals surface area contributed by atoms with Crippen LogP contribution in [-0.2, 0) is 16.4 Å². The third-order valence-electron chi connectivity index (χ3n) is 4.02. The van der Waals surface area contributed by atoms with Gasteiger partial charge in [-0.05, 0) is 37.2 Å². The molecule has 114 valence electrons. The van der Waals surface area contributed by atoms with Gasteiger partial charge in [0.1, 0.15) is 0 Å². The summed E-state index contributed by atoms with van der Waals surface area (Å²) in [6, 6.07) is 12.4. The summed E-state index contributed by atoms with van der Waals surface area (Å²) in [5.74, 6) is 0.669. The number of rotatable bonds is 6. The molecule has 0 N–H and O–H groups in total. The van der Waals surface area contributed by atoms with Gasteiger partial charge < -0.3 is 0 Å². The van der Waals surface area contributed by atoms with Gasteiger partial charge >= 0.3 is 0 Å². The Morgan fingerprint density at radius 3 is 2.48 bits per heavy atom. The summed E-state index contributed by atoms with van der Waals surface area (Å²) in [5.41, 5.74) is 1.33. The highest BCUT2D eigenvalue weighted by molar-refractivity contribution is 7.89. The molecule has 0 aliphatic carbocycles. The Balaban J connectivity index is 1.81. The van der Waals surface area contributed by atoms with E-state index in [9.17, 15) is 8.42 Å².